The first-order valence-corrected chi connectivity index (χ1v) is 9.43. The number of aliphatic carboxylic acids is 1. The molecule has 2 atom stereocenters. The van der Waals surface area contributed by atoms with E-state index >= 15 is 0 Å². The van der Waals surface area contributed by atoms with Crippen molar-refractivity contribution in [1.82, 2.24) is 0 Å². The molecule has 1 aliphatic heterocycles. The Morgan fingerprint density at radius 3 is 2.31 bits per heavy atom. The van der Waals surface area contributed by atoms with E-state index in [2.05, 4.69) is 17.1 Å². The third-order valence-electron chi connectivity index (χ3n) is 5.54. The van der Waals surface area contributed by atoms with Crippen LogP contribution in [0.4, 0.5) is 11.4 Å². The van der Waals surface area contributed by atoms with E-state index in [0.29, 0.717) is 18.5 Å². The minimum Gasteiger partial charge on any atom is -0.550 e. The predicted molar refractivity (Wildman–Crippen MR) is 98.9 cm³/mol. The number of anilines is 2. The number of piperazine rings is 1. The van der Waals surface area contributed by atoms with E-state index in [9.17, 15) is 14.7 Å². The van der Waals surface area contributed by atoms with Gasteiger partial charge >= 0.3 is 0 Å². The number of nitrogens with zero attached hydrogens (tertiary/aromatic N) is 1. The lowest BCUT2D eigenvalue weighted by atomic mass is 9.82. The summed E-state index contributed by atoms with van der Waals surface area (Å²) in [5, 5.41) is 14.1. The quantitative estimate of drug-likeness (QED) is 0.709. The van der Waals surface area contributed by atoms with E-state index in [1.165, 1.54) is 6.54 Å². The summed E-state index contributed by atoms with van der Waals surface area (Å²) in [6.45, 7) is 7.76. The third kappa shape index (κ3) is 4.25. The van der Waals surface area contributed by atoms with Gasteiger partial charge in [-0.25, -0.2) is 0 Å². The molecule has 1 saturated heterocycles. The van der Waals surface area contributed by atoms with Gasteiger partial charge in [-0.05, 0) is 44.0 Å². The molecule has 1 heterocycles. The van der Waals surface area contributed by atoms with E-state index in [4.69, 9.17) is 0 Å². The highest BCUT2D eigenvalue weighted by molar-refractivity contribution is 5.95. The van der Waals surface area contributed by atoms with Crippen molar-refractivity contribution in [2.75, 3.05) is 42.9 Å². The molecule has 0 bridgehead atoms. The zero-order valence-corrected chi connectivity index (χ0v) is 15.2. The number of benzene rings is 1. The van der Waals surface area contributed by atoms with Crippen molar-refractivity contribution >= 4 is 23.3 Å². The SMILES string of the molecule is CC[NH+]1CCN(c2ccc(NC(=O)[C@@H]3CC=CC[C@H]3C(=O)[O-])cc2)CC1. The maximum atomic E-state index is 12.5. The highest BCUT2D eigenvalue weighted by Crippen LogP contribution is 2.27. The van der Waals surface area contributed by atoms with Gasteiger partial charge in [-0.2, -0.15) is 0 Å². The Balaban J connectivity index is 1.59. The lowest BCUT2D eigenvalue weighted by molar-refractivity contribution is -0.898. The van der Waals surface area contributed by atoms with Gasteiger partial charge in [0.05, 0.1) is 38.6 Å². The van der Waals surface area contributed by atoms with Crippen LogP contribution in [-0.2, 0) is 9.59 Å². The minimum absolute atomic E-state index is 0.253. The van der Waals surface area contributed by atoms with Crippen molar-refractivity contribution in [3.8, 4) is 0 Å². The first-order chi connectivity index (χ1) is 12.6. The van der Waals surface area contributed by atoms with Gasteiger partial charge in [-0.15, -0.1) is 0 Å². The van der Waals surface area contributed by atoms with E-state index in [0.717, 1.165) is 31.9 Å². The van der Waals surface area contributed by atoms with Gasteiger partial charge in [0.25, 0.3) is 0 Å². The Morgan fingerprint density at radius 2 is 1.73 bits per heavy atom. The Labute approximate surface area is 154 Å². The maximum absolute atomic E-state index is 12.5. The van der Waals surface area contributed by atoms with Crippen LogP contribution in [0, 0.1) is 11.8 Å². The maximum Gasteiger partial charge on any atom is 0.228 e. The molecule has 0 radical (unpaired) electrons. The molecule has 140 valence electrons. The molecule has 2 N–H and O–H groups in total. The number of rotatable bonds is 5. The number of hydrogen-bond acceptors (Lipinski definition) is 4. The van der Waals surface area contributed by atoms with Crippen LogP contribution in [0.5, 0.6) is 0 Å². The van der Waals surface area contributed by atoms with Crippen LogP contribution in [0.3, 0.4) is 0 Å². The van der Waals surface area contributed by atoms with Crippen molar-refractivity contribution < 1.29 is 19.6 Å². The van der Waals surface area contributed by atoms with Crippen LogP contribution in [-0.4, -0.2) is 44.6 Å². The van der Waals surface area contributed by atoms with Crippen molar-refractivity contribution in [2.45, 2.75) is 19.8 Å². The van der Waals surface area contributed by atoms with Crippen molar-refractivity contribution in [3.63, 3.8) is 0 Å². The Kier molecular flexibility index (Phi) is 5.93. The molecule has 6 heteroatoms. The number of likely N-dealkylation sites (N-methyl/N-ethyl adjacent to an activating group) is 1. The van der Waals surface area contributed by atoms with Crippen molar-refractivity contribution in [3.05, 3.63) is 36.4 Å². The van der Waals surface area contributed by atoms with E-state index in [1.54, 1.807) is 11.0 Å². The number of amides is 1. The fourth-order valence-electron chi connectivity index (χ4n) is 3.79. The van der Waals surface area contributed by atoms with Crippen LogP contribution in [0.2, 0.25) is 0 Å². The molecule has 0 spiro atoms. The molecular formula is C20H27N3O3. The molecule has 1 amide bonds. The first-order valence-electron chi connectivity index (χ1n) is 9.43. The van der Waals surface area contributed by atoms with Crippen molar-refractivity contribution in [2.24, 2.45) is 11.8 Å². The van der Waals surface area contributed by atoms with Crippen molar-refractivity contribution in [1.29, 1.82) is 0 Å². The predicted octanol–water partition coefficient (Wildman–Crippen LogP) is -0.318. The van der Waals surface area contributed by atoms with Crippen LogP contribution < -0.4 is 20.2 Å². The standard InChI is InChI=1S/C20H27N3O3/c1-2-22-11-13-23(14-12-22)16-9-7-15(8-10-16)21-19(24)17-5-3-4-6-18(17)20(25)26/h3-4,7-10,17-18H,2,5-6,11-14H2,1H3,(H,21,24)(H,25,26)/t17-,18-/m1/s1. The number of quaternary nitrogens is 1. The molecular weight excluding hydrogens is 330 g/mol. The summed E-state index contributed by atoms with van der Waals surface area (Å²) in [4.78, 5) is 27.7. The number of nitrogens with one attached hydrogen (secondary N) is 2. The summed E-state index contributed by atoms with van der Waals surface area (Å²) < 4.78 is 0. The molecule has 0 aromatic heterocycles. The Morgan fingerprint density at radius 1 is 1.12 bits per heavy atom. The molecule has 0 saturated carbocycles. The summed E-state index contributed by atoms with van der Waals surface area (Å²) in [5.74, 6) is -2.74. The summed E-state index contributed by atoms with van der Waals surface area (Å²) in [7, 11) is 0. The zero-order chi connectivity index (χ0) is 18.5. The molecule has 6 nitrogen and oxygen atoms in total. The van der Waals surface area contributed by atoms with Gasteiger partial charge < -0.3 is 25.0 Å². The molecule has 1 aromatic carbocycles. The molecule has 0 unspecified atom stereocenters. The highest BCUT2D eigenvalue weighted by Gasteiger charge is 2.29. The van der Waals surface area contributed by atoms with Gasteiger partial charge in [-0.3, -0.25) is 4.79 Å². The van der Waals surface area contributed by atoms with Gasteiger partial charge in [0, 0.05) is 23.3 Å². The van der Waals surface area contributed by atoms with Gasteiger partial charge in [-0.1, -0.05) is 12.2 Å². The number of carboxylic acids is 1. The number of hydrogen-bond donors (Lipinski definition) is 2. The van der Waals surface area contributed by atoms with E-state index in [1.807, 2.05) is 30.3 Å². The van der Waals surface area contributed by atoms with Gasteiger partial charge in [0.1, 0.15) is 0 Å². The normalized spacial score (nSPS) is 23.7. The first kappa shape index (κ1) is 18.5. The molecule has 1 aromatic rings. The van der Waals surface area contributed by atoms with E-state index < -0.39 is 17.8 Å². The molecule has 26 heavy (non-hydrogen) atoms. The van der Waals surface area contributed by atoms with Crippen LogP contribution >= 0.6 is 0 Å². The monoisotopic (exact) mass is 357 g/mol. The zero-order valence-electron chi connectivity index (χ0n) is 15.2. The Hall–Kier alpha value is -2.34. The molecule has 1 fully saturated rings. The van der Waals surface area contributed by atoms with Gasteiger partial charge in [0.2, 0.25) is 5.91 Å². The highest BCUT2D eigenvalue weighted by atomic mass is 16.4. The lowest BCUT2D eigenvalue weighted by Gasteiger charge is -2.33. The average molecular weight is 357 g/mol. The van der Waals surface area contributed by atoms with Crippen LogP contribution in [0.15, 0.2) is 36.4 Å². The molecule has 3 rings (SSSR count). The summed E-state index contributed by atoms with van der Waals surface area (Å²) in [6, 6.07) is 7.81. The topological polar surface area (TPSA) is 76.9 Å². The Bertz CT molecular complexity index is 663. The van der Waals surface area contributed by atoms with E-state index in [-0.39, 0.29) is 5.91 Å². The number of carboxylic acid groups (broad SMARTS) is 1. The van der Waals surface area contributed by atoms with Crippen LogP contribution in [0.1, 0.15) is 19.8 Å². The summed E-state index contributed by atoms with van der Waals surface area (Å²) in [6.07, 6.45) is 4.46. The number of allylic oxidation sites excluding steroid dienone is 2. The second-order valence-corrected chi connectivity index (χ2v) is 7.10. The van der Waals surface area contributed by atoms with Gasteiger partial charge in [0.15, 0.2) is 0 Å². The summed E-state index contributed by atoms with van der Waals surface area (Å²) >= 11 is 0. The minimum atomic E-state index is -1.15. The smallest absolute Gasteiger partial charge is 0.228 e. The molecule has 1 aliphatic carbocycles. The van der Waals surface area contributed by atoms with Crippen LogP contribution in [0.25, 0.3) is 0 Å². The second kappa shape index (κ2) is 8.36. The largest absolute Gasteiger partial charge is 0.550 e. The fraction of sp³-hybridized carbons (Fsp3) is 0.500. The fourth-order valence-corrected chi connectivity index (χ4v) is 3.79. The third-order valence-corrected chi connectivity index (χ3v) is 5.54. The summed E-state index contributed by atoms with van der Waals surface area (Å²) in [5.41, 5.74) is 1.86. The number of carbonyl (C=O) groups is 2. The lowest BCUT2D eigenvalue weighted by Crippen LogP contribution is -3.14. The molecule has 2 aliphatic rings. The number of carbonyl (C=O) groups excluding carboxylic acids is 2. The average Bonchev–Trinajstić information content (AvgIpc) is 2.68. The second-order valence-electron chi connectivity index (χ2n) is 7.10.